The number of rotatable bonds is 3. The van der Waals surface area contributed by atoms with Crippen LogP contribution in [0.25, 0.3) is 0 Å². The molecule has 0 radical (unpaired) electrons. The summed E-state index contributed by atoms with van der Waals surface area (Å²) in [7, 11) is 0. The maximum Gasteiger partial charge on any atom is 0.253 e. The number of aromatic nitrogens is 3. The average Bonchev–Trinajstić information content (AvgIpc) is 2.88. The third kappa shape index (κ3) is 2.24. The number of benzene rings is 1. The first-order chi connectivity index (χ1) is 9.21. The number of nitrogens with one attached hydrogen (secondary N) is 2. The lowest BCUT2D eigenvalue weighted by atomic mass is 9.76. The van der Waals surface area contributed by atoms with Gasteiger partial charge >= 0.3 is 0 Å². The summed E-state index contributed by atoms with van der Waals surface area (Å²) in [5, 5.41) is 9.86. The molecule has 1 aliphatic rings. The van der Waals surface area contributed by atoms with Crippen molar-refractivity contribution in [1.29, 1.82) is 0 Å². The standard InChI is InChI=1S/C13H13IN4O/c14-10-5-2-1-4-9(10)11(19)17-13(6-3-7-13)12-15-8-16-18-12/h1-2,4-5,8H,3,6-7H2,(H,17,19)(H,15,16,18). The van der Waals surface area contributed by atoms with Crippen LogP contribution in [0, 0.1) is 3.57 Å². The minimum Gasteiger partial charge on any atom is -0.339 e. The lowest BCUT2D eigenvalue weighted by Gasteiger charge is -2.40. The molecule has 3 rings (SSSR count). The van der Waals surface area contributed by atoms with Crippen molar-refractivity contribution in [2.24, 2.45) is 0 Å². The van der Waals surface area contributed by atoms with Gasteiger partial charge in [-0.3, -0.25) is 9.89 Å². The maximum absolute atomic E-state index is 12.4. The van der Waals surface area contributed by atoms with Crippen molar-refractivity contribution in [3.8, 4) is 0 Å². The molecule has 1 aromatic carbocycles. The summed E-state index contributed by atoms with van der Waals surface area (Å²) in [6, 6.07) is 7.56. The highest BCUT2D eigenvalue weighted by atomic mass is 127. The van der Waals surface area contributed by atoms with Crippen LogP contribution in [0.4, 0.5) is 0 Å². The first-order valence-electron chi connectivity index (χ1n) is 6.14. The van der Waals surface area contributed by atoms with E-state index in [9.17, 15) is 4.79 Å². The molecule has 0 unspecified atom stereocenters. The largest absolute Gasteiger partial charge is 0.339 e. The van der Waals surface area contributed by atoms with Crippen molar-refractivity contribution in [3.05, 3.63) is 45.6 Å². The van der Waals surface area contributed by atoms with E-state index in [4.69, 9.17) is 0 Å². The van der Waals surface area contributed by atoms with Gasteiger partial charge in [-0.2, -0.15) is 5.10 Å². The molecule has 98 valence electrons. The fourth-order valence-corrected chi connectivity index (χ4v) is 2.95. The molecule has 2 aromatic rings. The number of hydrogen-bond donors (Lipinski definition) is 2. The molecule has 0 aliphatic heterocycles. The van der Waals surface area contributed by atoms with Crippen LogP contribution in [-0.2, 0) is 5.54 Å². The number of carbonyl (C=O) groups is 1. The van der Waals surface area contributed by atoms with Crippen LogP contribution in [0.5, 0.6) is 0 Å². The van der Waals surface area contributed by atoms with Gasteiger partial charge in [-0.05, 0) is 54.0 Å². The summed E-state index contributed by atoms with van der Waals surface area (Å²) < 4.78 is 0.949. The van der Waals surface area contributed by atoms with Crippen molar-refractivity contribution in [3.63, 3.8) is 0 Å². The first kappa shape index (κ1) is 12.6. The molecule has 0 saturated heterocycles. The predicted octanol–water partition coefficient (Wildman–Crippen LogP) is 2.22. The average molecular weight is 368 g/mol. The number of hydrogen-bond acceptors (Lipinski definition) is 3. The fraction of sp³-hybridized carbons (Fsp3) is 0.308. The highest BCUT2D eigenvalue weighted by Gasteiger charge is 2.42. The molecule has 5 nitrogen and oxygen atoms in total. The molecule has 2 N–H and O–H groups in total. The highest BCUT2D eigenvalue weighted by Crippen LogP contribution is 2.39. The van der Waals surface area contributed by atoms with E-state index in [-0.39, 0.29) is 11.4 Å². The van der Waals surface area contributed by atoms with Crippen molar-refractivity contribution >= 4 is 28.5 Å². The maximum atomic E-state index is 12.4. The Balaban J connectivity index is 1.85. The summed E-state index contributed by atoms with van der Waals surface area (Å²) in [6.45, 7) is 0. The molecular formula is C13H13IN4O. The molecule has 0 spiro atoms. The normalized spacial score (nSPS) is 16.7. The second-order valence-corrected chi connectivity index (χ2v) is 5.87. The van der Waals surface area contributed by atoms with Crippen molar-refractivity contribution < 1.29 is 4.79 Å². The SMILES string of the molecule is O=C(NC1(c2ncn[nH]2)CCC1)c1ccccc1I. The van der Waals surface area contributed by atoms with Crippen LogP contribution in [0.3, 0.4) is 0 Å². The zero-order valence-electron chi connectivity index (χ0n) is 10.2. The first-order valence-corrected chi connectivity index (χ1v) is 7.22. The Labute approximate surface area is 124 Å². The Morgan fingerprint density at radius 3 is 2.74 bits per heavy atom. The van der Waals surface area contributed by atoms with Gasteiger partial charge in [0.25, 0.3) is 5.91 Å². The van der Waals surface area contributed by atoms with Gasteiger partial charge < -0.3 is 5.32 Å². The van der Waals surface area contributed by atoms with E-state index in [2.05, 4.69) is 43.1 Å². The second kappa shape index (κ2) is 4.92. The molecule has 1 aromatic heterocycles. The van der Waals surface area contributed by atoms with E-state index in [1.54, 1.807) is 0 Å². The summed E-state index contributed by atoms with van der Waals surface area (Å²) in [6.07, 6.45) is 4.37. The molecule has 0 atom stereocenters. The Bertz CT molecular complexity index is 592. The van der Waals surface area contributed by atoms with E-state index in [0.29, 0.717) is 5.56 Å². The van der Waals surface area contributed by atoms with Gasteiger partial charge in [-0.15, -0.1) is 0 Å². The molecule has 0 bridgehead atoms. The summed E-state index contributed by atoms with van der Waals surface area (Å²) in [5.41, 5.74) is 0.334. The minimum absolute atomic E-state index is 0.0545. The van der Waals surface area contributed by atoms with Crippen molar-refractivity contribution in [2.45, 2.75) is 24.8 Å². The second-order valence-electron chi connectivity index (χ2n) is 4.70. The van der Waals surface area contributed by atoms with Gasteiger partial charge in [0.15, 0.2) is 0 Å². The Hall–Kier alpha value is -1.44. The Kier molecular flexibility index (Phi) is 3.26. The zero-order valence-corrected chi connectivity index (χ0v) is 12.3. The number of nitrogens with zero attached hydrogens (tertiary/aromatic N) is 2. The number of halogens is 1. The minimum atomic E-state index is -0.369. The Morgan fingerprint density at radius 1 is 1.37 bits per heavy atom. The van der Waals surface area contributed by atoms with Crippen LogP contribution >= 0.6 is 22.6 Å². The van der Waals surface area contributed by atoms with E-state index < -0.39 is 0 Å². The monoisotopic (exact) mass is 368 g/mol. The molecule has 1 amide bonds. The smallest absolute Gasteiger partial charge is 0.253 e. The predicted molar refractivity (Wildman–Crippen MR) is 78.5 cm³/mol. The van der Waals surface area contributed by atoms with E-state index in [1.165, 1.54) is 6.33 Å². The van der Waals surface area contributed by atoms with Crippen LogP contribution in [0.2, 0.25) is 0 Å². The van der Waals surface area contributed by atoms with Gasteiger partial charge in [-0.1, -0.05) is 12.1 Å². The van der Waals surface area contributed by atoms with Crippen molar-refractivity contribution in [2.75, 3.05) is 0 Å². The third-order valence-electron chi connectivity index (χ3n) is 3.55. The fourth-order valence-electron chi connectivity index (χ4n) is 2.32. The van der Waals surface area contributed by atoms with Crippen LogP contribution in [0.1, 0.15) is 35.4 Å². The molecule has 1 heterocycles. The van der Waals surface area contributed by atoms with Gasteiger partial charge in [0.2, 0.25) is 0 Å². The number of H-pyrrole nitrogens is 1. The van der Waals surface area contributed by atoms with E-state index in [0.717, 1.165) is 28.7 Å². The number of aromatic amines is 1. The van der Waals surface area contributed by atoms with Crippen LogP contribution in [0.15, 0.2) is 30.6 Å². The van der Waals surface area contributed by atoms with Gasteiger partial charge in [0.05, 0.1) is 11.1 Å². The molecule has 1 fully saturated rings. The summed E-state index contributed by atoms with van der Waals surface area (Å²) in [4.78, 5) is 16.6. The Morgan fingerprint density at radius 2 is 2.16 bits per heavy atom. The zero-order chi connectivity index (χ0) is 13.3. The van der Waals surface area contributed by atoms with Gasteiger partial charge in [-0.25, -0.2) is 4.98 Å². The van der Waals surface area contributed by atoms with Gasteiger partial charge in [0.1, 0.15) is 12.2 Å². The van der Waals surface area contributed by atoms with E-state index >= 15 is 0 Å². The lowest BCUT2D eigenvalue weighted by molar-refractivity contribution is 0.0809. The van der Waals surface area contributed by atoms with E-state index in [1.807, 2.05) is 24.3 Å². The van der Waals surface area contributed by atoms with Crippen LogP contribution in [-0.4, -0.2) is 21.1 Å². The molecule has 1 saturated carbocycles. The molecule has 19 heavy (non-hydrogen) atoms. The van der Waals surface area contributed by atoms with Gasteiger partial charge in [0, 0.05) is 3.57 Å². The summed E-state index contributed by atoms with van der Waals surface area (Å²) >= 11 is 2.17. The third-order valence-corrected chi connectivity index (χ3v) is 4.49. The number of carbonyl (C=O) groups excluding carboxylic acids is 1. The van der Waals surface area contributed by atoms with Crippen molar-refractivity contribution in [1.82, 2.24) is 20.5 Å². The summed E-state index contributed by atoms with van der Waals surface area (Å²) in [5.74, 6) is 0.694. The molecular weight excluding hydrogens is 355 g/mol. The quantitative estimate of drug-likeness (QED) is 0.817. The number of amides is 1. The lowest BCUT2D eigenvalue weighted by Crippen LogP contribution is -2.51. The topological polar surface area (TPSA) is 70.7 Å². The van der Waals surface area contributed by atoms with Crippen LogP contribution < -0.4 is 5.32 Å². The molecule has 6 heteroatoms. The molecule has 1 aliphatic carbocycles. The highest BCUT2D eigenvalue weighted by molar-refractivity contribution is 14.1.